The third-order valence-electron chi connectivity index (χ3n) is 4.78. The second-order valence-electron chi connectivity index (χ2n) is 6.65. The maximum absolute atomic E-state index is 11.4. The minimum atomic E-state index is 0. The van der Waals surface area contributed by atoms with Crippen molar-refractivity contribution in [1.82, 2.24) is 15.5 Å². The first-order chi connectivity index (χ1) is 8.09. The highest BCUT2D eigenvalue weighted by Gasteiger charge is 2.45. The molecule has 2 N–H and O–H groups in total. The van der Waals surface area contributed by atoms with Gasteiger partial charge < -0.3 is 15.5 Å². The summed E-state index contributed by atoms with van der Waals surface area (Å²) < 4.78 is 0. The fourth-order valence-electron chi connectivity index (χ4n) is 3.75. The number of likely N-dealkylation sites (tertiary alicyclic amines) is 1. The Morgan fingerprint density at radius 3 is 2.78 bits per heavy atom. The number of amides is 1. The van der Waals surface area contributed by atoms with E-state index in [9.17, 15) is 4.79 Å². The first-order valence-corrected chi connectivity index (χ1v) is 6.79. The molecule has 0 aliphatic carbocycles. The fraction of sp³-hybridized carbons (Fsp3) is 0.923. The van der Waals surface area contributed by atoms with E-state index in [1.165, 1.54) is 25.9 Å². The van der Waals surface area contributed by atoms with Gasteiger partial charge in [-0.2, -0.15) is 0 Å². The molecule has 0 aromatic heterocycles. The lowest BCUT2D eigenvalue weighted by Gasteiger charge is -2.30. The molecule has 1 spiro atoms. The Labute approximate surface area is 115 Å². The quantitative estimate of drug-likeness (QED) is 0.775. The van der Waals surface area contributed by atoms with Gasteiger partial charge in [0.05, 0.1) is 0 Å². The minimum Gasteiger partial charge on any atom is -0.355 e. The SMILES string of the molecule is CC1(CN2CCC3(CNC(=O)C3)C2)CCNC1.Cl. The molecule has 0 aromatic carbocycles. The number of hydrogen-bond donors (Lipinski definition) is 2. The van der Waals surface area contributed by atoms with Crippen LogP contribution in [-0.2, 0) is 4.79 Å². The number of halogens is 1. The normalized spacial score (nSPS) is 40.2. The van der Waals surface area contributed by atoms with E-state index in [0.717, 1.165) is 32.6 Å². The molecule has 104 valence electrons. The summed E-state index contributed by atoms with van der Waals surface area (Å²) in [7, 11) is 0. The van der Waals surface area contributed by atoms with Crippen LogP contribution in [0.2, 0.25) is 0 Å². The van der Waals surface area contributed by atoms with Crippen LogP contribution in [-0.4, -0.2) is 50.1 Å². The molecule has 0 saturated carbocycles. The van der Waals surface area contributed by atoms with Crippen molar-refractivity contribution in [2.75, 3.05) is 39.3 Å². The van der Waals surface area contributed by atoms with Gasteiger partial charge >= 0.3 is 0 Å². The highest BCUT2D eigenvalue weighted by Crippen LogP contribution is 2.38. The monoisotopic (exact) mass is 273 g/mol. The molecule has 0 aromatic rings. The maximum atomic E-state index is 11.4. The van der Waals surface area contributed by atoms with E-state index in [4.69, 9.17) is 0 Å². The van der Waals surface area contributed by atoms with Crippen LogP contribution in [0.25, 0.3) is 0 Å². The van der Waals surface area contributed by atoms with E-state index in [0.29, 0.717) is 5.41 Å². The first-order valence-electron chi connectivity index (χ1n) is 6.79. The van der Waals surface area contributed by atoms with Crippen LogP contribution in [0.5, 0.6) is 0 Å². The molecule has 3 rings (SSSR count). The van der Waals surface area contributed by atoms with Crippen LogP contribution in [0, 0.1) is 10.8 Å². The van der Waals surface area contributed by atoms with E-state index in [2.05, 4.69) is 22.5 Å². The molecule has 3 aliphatic heterocycles. The number of nitrogens with zero attached hydrogens (tertiary/aromatic N) is 1. The largest absolute Gasteiger partial charge is 0.355 e. The molecule has 2 unspecified atom stereocenters. The summed E-state index contributed by atoms with van der Waals surface area (Å²) in [6.07, 6.45) is 3.22. The highest BCUT2D eigenvalue weighted by molar-refractivity contribution is 5.85. The number of carbonyl (C=O) groups is 1. The van der Waals surface area contributed by atoms with Gasteiger partial charge in [0.25, 0.3) is 0 Å². The molecule has 0 radical (unpaired) electrons. The number of carbonyl (C=O) groups excluding carboxylic acids is 1. The Morgan fingerprint density at radius 1 is 1.33 bits per heavy atom. The predicted octanol–water partition coefficient (Wildman–Crippen LogP) is 0.620. The van der Waals surface area contributed by atoms with Gasteiger partial charge in [-0.25, -0.2) is 0 Å². The van der Waals surface area contributed by atoms with Gasteiger partial charge in [-0.3, -0.25) is 4.79 Å². The van der Waals surface area contributed by atoms with Crippen LogP contribution in [0.3, 0.4) is 0 Å². The molecular formula is C13H24ClN3O. The molecule has 5 heteroatoms. The van der Waals surface area contributed by atoms with Gasteiger partial charge in [0.1, 0.15) is 0 Å². The molecule has 4 nitrogen and oxygen atoms in total. The van der Waals surface area contributed by atoms with Crippen molar-refractivity contribution in [1.29, 1.82) is 0 Å². The maximum Gasteiger partial charge on any atom is 0.220 e. The van der Waals surface area contributed by atoms with E-state index in [1.807, 2.05) is 0 Å². The molecule has 18 heavy (non-hydrogen) atoms. The zero-order chi connectivity index (χ0) is 11.9. The second kappa shape index (κ2) is 4.99. The molecule has 3 aliphatic rings. The van der Waals surface area contributed by atoms with Crippen LogP contribution in [0.1, 0.15) is 26.2 Å². The van der Waals surface area contributed by atoms with Crippen molar-refractivity contribution in [3.63, 3.8) is 0 Å². The number of rotatable bonds is 2. The summed E-state index contributed by atoms with van der Waals surface area (Å²) in [6, 6.07) is 0. The molecule has 3 fully saturated rings. The molecule has 0 bridgehead atoms. The van der Waals surface area contributed by atoms with E-state index in [1.54, 1.807) is 0 Å². The molecule has 2 atom stereocenters. The average Bonchev–Trinajstić information content (AvgIpc) is 2.93. The summed E-state index contributed by atoms with van der Waals surface area (Å²) in [5.41, 5.74) is 0.709. The van der Waals surface area contributed by atoms with Crippen molar-refractivity contribution < 1.29 is 4.79 Å². The van der Waals surface area contributed by atoms with Gasteiger partial charge in [-0.1, -0.05) is 6.92 Å². The van der Waals surface area contributed by atoms with Gasteiger partial charge in [-0.15, -0.1) is 12.4 Å². The summed E-state index contributed by atoms with van der Waals surface area (Å²) in [4.78, 5) is 14.0. The van der Waals surface area contributed by atoms with Gasteiger partial charge in [0.15, 0.2) is 0 Å². The standard InChI is InChI=1S/C13H23N3O.ClH/c1-12(2-4-14-7-12)9-16-5-3-13(10-16)6-11(17)15-8-13;/h14H,2-10H2,1H3,(H,15,17);1H. The summed E-state index contributed by atoms with van der Waals surface area (Å²) in [6.45, 7) is 9.07. The third-order valence-corrected chi connectivity index (χ3v) is 4.78. The zero-order valence-corrected chi connectivity index (χ0v) is 11.9. The summed E-state index contributed by atoms with van der Waals surface area (Å²) in [5, 5.41) is 6.46. The van der Waals surface area contributed by atoms with Crippen LogP contribution in [0.15, 0.2) is 0 Å². The topological polar surface area (TPSA) is 44.4 Å². The lowest BCUT2D eigenvalue weighted by Crippen LogP contribution is -2.38. The fourth-order valence-corrected chi connectivity index (χ4v) is 3.75. The van der Waals surface area contributed by atoms with Crippen molar-refractivity contribution in [3.05, 3.63) is 0 Å². The van der Waals surface area contributed by atoms with Crippen molar-refractivity contribution >= 4 is 18.3 Å². The number of hydrogen-bond acceptors (Lipinski definition) is 3. The minimum absolute atomic E-state index is 0. The lowest BCUT2D eigenvalue weighted by molar-refractivity contribution is -0.119. The van der Waals surface area contributed by atoms with Gasteiger partial charge in [0, 0.05) is 38.0 Å². The summed E-state index contributed by atoms with van der Waals surface area (Å²) in [5.74, 6) is 0.251. The average molecular weight is 274 g/mol. The van der Waals surface area contributed by atoms with Gasteiger partial charge in [-0.05, 0) is 31.3 Å². The Balaban J connectivity index is 0.00000120. The third kappa shape index (κ3) is 2.65. The van der Waals surface area contributed by atoms with Crippen molar-refractivity contribution in [3.8, 4) is 0 Å². The Morgan fingerprint density at radius 2 is 2.17 bits per heavy atom. The van der Waals surface area contributed by atoms with E-state index in [-0.39, 0.29) is 23.7 Å². The Kier molecular flexibility index (Phi) is 3.90. The first kappa shape index (κ1) is 14.1. The Bertz CT molecular complexity index is 330. The number of nitrogens with one attached hydrogen (secondary N) is 2. The smallest absolute Gasteiger partial charge is 0.220 e. The second-order valence-corrected chi connectivity index (χ2v) is 6.65. The molecule has 1 amide bonds. The Hall–Kier alpha value is -0.320. The molecular weight excluding hydrogens is 250 g/mol. The van der Waals surface area contributed by atoms with Gasteiger partial charge in [0.2, 0.25) is 5.91 Å². The van der Waals surface area contributed by atoms with Crippen molar-refractivity contribution in [2.24, 2.45) is 10.8 Å². The predicted molar refractivity (Wildman–Crippen MR) is 74.0 cm³/mol. The van der Waals surface area contributed by atoms with Crippen molar-refractivity contribution in [2.45, 2.75) is 26.2 Å². The van der Waals surface area contributed by atoms with E-state index >= 15 is 0 Å². The lowest BCUT2D eigenvalue weighted by atomic mass is 9.86. The molecule has 3 saturated heterocycles. The molecule has 3 heterocycles. The highest BCUT2D eigenvalue weighted by atomic mass is 35.5. The van der Waals surface area contributed by atoms with Crippen LogP contribution in [0.4, 0.5) is 0 Å². The zero-order valence-electron chi connectivity index (χ0n) is 11.1. The van der Waals surface area contributed by atoms with Crippen LogP contribution < -0.4 is 10.6 Å². The van der Waals surface area contributed by atoms with Crippen LogP contribution >= 0.6 is 12.4 Å². The summed E-state index contributed by atoms with van der Waals surface area (Å²) >= 11 is 0. The van der Waals surface area contributed by atoms with E-state index < -0.39 is 0 Å².